The summed E-state index contributed by atoms with van der Waals surface area (Å²) in [5.74, 6) is 0.685. The van der Waals surface area contributed by atoms with Crippen LogP contribution in [-0.2, 0) is 10.5 Å². The first-order valence-corrected chi connectivity index (χ1v) is 9.34. The van der Waals surface area contributed by atoms with Gasteiger partial charge >= 0.3 is 0 Å². The summed E-state index contributed by atoms with van der Waals surface area (Å²) in [5, 5.41) is 4.35. The lowest BCUT2D eigenvalue weighted by molar-refractivity contribution is 0.111. The third-order valence-corrected chi connectivity index (χ3v) is 5.62. The van der Waals surface area contributed by atoms with Gasteiger partial charge in [0, 0.05) is 17.7 Å². The maximum atomic E-state index is 12.0. The summed E-state index contributed by atoms with van der Waals surface area (Å²) in [6, 6.07) is 7.36. The van der Waals surface area contributed by atoms with E-state index in [4.69, 9.17) is 4.74 Å². The van der Waals surface area contributed by atoms with Crippen molar-refractivity contribution in [1.82, 2.24) is 15.0 Å². The molecule has 0 saturated carbocycles. The smallest absolute Gasteiger partial charge is 0.259 e. The molecule has 23 heavy (non-hydrogen) atoms. The molecule has 7 heteroatoms. The van der Waals surface area contributed by atoms with Crippen molar-refractivity contribution < 1.29 is 4.74 Å². The van der Waals surface area contributed by atoms with Gasteiger partial charge in [-0.2, -0.15) is 0 Å². The van der Waals surface area contributed by atoms with Crippen LogP contribution in [0.2, 0.25) is 0 Å². The predicted molar refractivity (Wildman–Crippen MR) is 92.0 cm³/mol. The molecule has 0 radical (unpaired) electrons. The first-order chi connectivity index (χ1) is 11.3. The number of benzene rings is 1. The maximum Gasteiger partial charge on any atom is 0.259 e. The number of thioether (sulfide) groups is 1. The minimum Gasteiger partial charge on any atom is -0.371 e. The summed E-state index contributed by atoms with van der Waals surface area (Å²) in [5.41, 5.74) is 1.62. The number of nitrogens with one attached hydrogen (secondary N) is 1. The second kappa shape index (κ2) is 6.43. The Morgan fingerprint density at radius 3 is 3.13 bits per heavy atom. The van der Waals surface area contributed by atoms with Crippen LogP contribution >= 0.6 is 23.1 Å². The molecule has 5 nitrogen and oxygen atoms in total. The van der Waals surface area contributed by atoms with Crippen molar-refractivity contribution in [2.45, 2.75) is 29.9 Å². The molecular formula is C16H15N3O2S2. The third-order valence-electron chi connectivity index (χ3n) is 3.72. The average Bonchev–Trinajstić information content (AvgIpc) is 3.24. The van der Waals surface area contributed by atoms with E-state index in [1.165, 1.54) is 11.8 Å². The summed E-state index contributed by atoms with van der Waals surface area (Å²) in [4.78, 5) is 24.0. The van der Waals surface area contributed by atoms with Gasteiger partial charge < -0.3 is 9.72 Å². The van der Waals surface area contributed by atoms with Gasteiger partial charge in [-0.3, -0.25) is 4.79 Å². The van der Waals surface area contributed by atoms with E-state index in [0.717, 1.165) is 35.7 Å². The molecule has 1 aliphatic heterocycles. The quantitative estimate of drug-likeness (QED) is 0.579. The van der Waals surface area contributed by atoms with E-state index in [1.54, 1.807) is 17.4 Å². The predicted octanol–water partition coefficient (Wildman–Crippen LogP) is 3.52. The monoisotopic (exact) mass is 345 g/mol. The highest BCUT2D eigenvalue weighted by molar-refractivity contribution is 7.98. The summed E-state index contributed by atoms with van der Waals surface area (Å²) >= 11 is 3.14. The minimum absolute atomic E-state index is 0.101. The summed E-state index contributed by atoms with van der Waals surface area (Å²) in [6.07, 6.45) is 2.33. The first kappa shape index (κ1) is 14.9. The van der Waals surface area contributed by atoms with Crippen molar-refractivity contribution in [3.8, 4) is 0 Å². The fourth-order valence-corrected chi connectivity index (χ4v) is 4.35. The normalized spacial score (nSPS) is 17.8. The molecule has 118 valence electrons. The van der Waals surface area contributed by atoms with E-state index in [2.05, 4.69) is 20.3 Å². The van der Waals surface area contributed by atoms with Crippen molar-refractivity contribution in [2.75, 3.05) is 6.61 Å². The average molecular weight is 345 g/mol. The van der Waals surface area contributed by atoms with Gasteiger partial charge in [-0.25, -0.2) is 9.97 Å². The maximum absolute atomic E-state index is 12.0. The zero-order chi connectivity index (χ0) is 15.6. The van der Waals surface area contributed by atoms with Crippen molar-refractivity contribution in [1.29, 1.82) is 0 Å². The zero-order valence-electron chi connectivity index (χ0n) is 12.3. The van der Waals surface area contributed by atoms with Gasteiger partial charge in [0.05, 0.1) is 16.6 Å². The molecule has 1 aliphatic rings. The molecule has 0 amide bonds. The number of thiazole rings is 1. The van der Waals surface area contributed by atoms with Gasteiger partial charge in [0.1, 0.15) is 11.1 Å². The van der Waals surface area contributed by atoms with Gasteiger partial charge in [0.2, 0.25) is 0 Å². The fraction of sp³-hybridized carbons (Fsp3) is 0.312. The molecular weight excluding hydrogens is 330 g/mol. The van der Waals surface area contributed by atoms with Crippen LogP contribution in [0.5, 0.6) is 0 Å². The number of aromatic amines is 1. The lowest BCUT2D eigenvalue weighted by Gasteiger charge is -2.04. The molecule has 4 rings (SSSR count). The molecule has 0 spiro atoms. The minimum atomic E-state index is -0.101. The summed E-state index contributed by atoms with van der Waals surface area (Å²) < 4.78 is 5.66. The molecule has 1 saturated heterocycles. The molecule has 1 atom stereocenters. The lowest BCUT2D eigenvalue weighted by atomic mass is 10.2. The summed E-state index contributed by atoms with van der Waals surface area (Å²) in [6.45, 7) is 0.830. The number of nitrogens with zero attached hydrogens (tertiary/aromatic N) is 2. The lowest BCUT2D eigenvalue weighted by Crippen LogP contribution is -2.08. The molecule has 1 fully saturated rings. The van der Waals surface area contributed by atoms with E-state index >= 15 is 0 Å². The molecule has 2 aromatic heterocycles. The van der Waals surface area contributed by atoms with E-state index in [1.807, 2.05) is 18.2 Å². The second-order valence-electron chi connectivity index (χ2n) is 5.36. The Hall–Kier alpha value is -1.70. The Morgan fingerprint density at radius 1 is 1.35 bits per heavy atom. The Balaban J connectivity index is 1.49. The van der Waals surface area contributed by atoms with Gasteiger partial charge in [-0.1, -0.05) is 23.9 Å². The van der Waals surface area contributed by atoms with E-state index in [9.17, 15) is 4.79 Å². The van der Waals surface area contributed by atoms with Crippen LogP contribution in [0.15, 0.2) is 39.6 Å². The molecule has 3 heterocycles. The summed E-state index contributed by atoms with van der Waals surface area (Å²) in [7, 11) is 0. The van der Waals surface area contributed by atoms with Crippen LogP contribution in [0, 0.1) is 0 Å². The number of hydrogen-bond acceptors (Lipinski definition) is 6. The fourth-order valence-electron chi connectivity index (χ4n) is 2.58. The van der Waals surface area contributed by atoms with Gasteiger partial charge in [0.15, 0.2) is 5.16 Å². The number of aromatic nitrogens is 3. The molecule has 3 aromatic rings. The van der Waals surface area contributed by atoms with Crippen molar-refractivity contribution in [3.63, 3.8) is 0 Å². The number of para-hydroxylation sites is 1. The number of rotatable bonds is 4. The van der Waals surface area contributed by atoms with Crippen LogP contribution in [0.25, 0.3) is 10.9 Å². The van der Waals surface area contributed by atoms with Crippen LogP contribution in [0.3, 0.4) is 0 Å². The second-order valence-corrected chi connectivity index (χ2v) is 7.21. The highest BCUT2D eigenvalue weighted by Crippen LogP contribution is 2.31. The standard InChI is InChI=1S/C16H15N3O2S2/c20-14-11-4-1-2-5-12(11)18-16(19-14)23-9-10-8-22-15(17-10)13-6-3-7-21-13/h1-2,4-5,8,13H,3,6-7,9H2,(H,18,19,20)/t13-/m0/s1. The van der Waals surface area contributed by atoms with E-state index < -0.39 is 0 Å². The van der Waals surface area contributed by atoms with Crippen LogP contribution in [0.4, 0.5) is 0 Å². The Morgan fingerprint density at radius 2 is 2.26 bits per heavy atom. The first-order valence-electron chi connectivity index (χ1n) is 7.47. The highest BCUT2D eigenvalue weighted by Gasteiger charge is 2.20. The van der Waals surface area contributed by atoms with Crippen molar-refractivity contribution in [3.05, 3.63) is 50.7 Å². The van der Waals surface area contributed by atoms with Gasteiger partial charge in [-0.15, -0.1) is 11.3 Å². The number of hydrogen-bond donors (Lipinski definition) is 1. The van der Waals surface area contributed by atoms with Crippen LogP contribution < -0.4 is 5.56 Å². The van der Waals surface area contributed by atoms with Crippen molar-refractivity contribution in [2.24, 2.45) is 0 Å². The molecule has 0 unspecified atom stereocenters. The number of fused-ring (bicyclic) bond motifs is 1. The Bertz CT molecular complexity index is 884. The largest absolute Gasteiger partial charge is 0.371 e. The van der Waals surface area contributed by atoms with Gasteiger partial charge in [-0.05, 0) is 25.0 Å². The molecule has 1 N–H and O–H groups in total. The van der Waals surface area contributed by atoms with Crippen LogP contribution in [0.1, 0.15) is 29.6 Å². The van der Waals surface area contributed by atoms with E-state index in [-0.39, 0.29) is 11.7 Å². The highest BCUT2D eigenvalue weighted by atomic mass is 32.2. The van der Waals surface area contributed by atoms with Crippen molar-refractivity contribution >= 4 is 34.0 Å². The topological polar surface area (TPSA) is 67.9 Å². The number of H-pyrrole nitrogens is 1. The Kier molecular flexibility index (Phi) is 4.15. The van der Waals surface area contributed by atoms with Gasteiger partial charge in [0.25, 0.3) is 5.56 Å². The molecule has 0 aliphatic carbocycles. The van der Waals surface area contributed by atoms with E-state index in [0.29, 0.717) is 16.3 Å². The van der Waals surface area contributed by atoms with Crippen LogP contribution in [-0.4, -0.2) is 21.6 Å². The third kappa shape index (κ3) is 3.17. The zero-order valence-corrected chi connectivity index (χ0v) is 14.0. The molecule has 0 bridgehead atoms. The Labute approximate surface area is 141 Å². The molecule has 1 aromatic carbocycles. The number of ether oxygens (including phenoxy) is 1. The SMILES string of the molecule is O=c1[nH]c(SCc2csc([C@@H]3CCCO3)n2)nc2ccccc12.